The fourth-order valence-corrected chi connectivity index (χ4v) is 6.74. The highest BCUT2D eigenvalue weighted by Gasteiger charge is 2.40. The van der Waals surface area contributed by atoms with E-state index >= 15 is 0 Å². The molecule has 1 saturated carbocycles. The molecule has 2 aromatic carbocycles. The molecule has 3 aromatic rings. The summed E-state index contributed by atoms with van der Waals surface area (Å²) in [6.45, 7) is 3.93. The molecule has 8 heteroatoms. The lowest BCUT2D eigenvalue weighted by Crippen LogP contribution is -2.22. The molecular weight excluding hydrogens is 424 g/mol. The zero-order valence-electron chi connectivity index (χ0n) is 18.3. The number of tetrazole rings is 1. The summed E-state index contributed by atoms with van der Waals surface area (Å²) in [7, 11) is -3.07. The second-order valence-electron chi connectivity index (χ2n) is 9.61. The first-order chi connectivity index (χ1) is 15.2. The van der Waals surface area contributed by atoms with Crippen LogP contribution in [0.25, 0.3) is 16.8 Å². The molecule has 0 amide bonds. The Balaban J connectivity index is 1.55. The highest BCUT2D eigenvalue weighted by atomic mass is 32.2. The van der Waals surface area contributed by atoms with Crippen molar-refractivity contribution >= 4 is 15.6 Å². The molecule has 166 valence electrons. The third kappa shape index (κ3) is 4.24. The van der Waals surface area contributed by atoms with Crippen LogP contribution < -0.4 is 0 Å². The maximum atomic E-state index is 13.4. The Morgan fingerprint density at radius 1 is 1.12 bits per heavy atom. The zero-order valence-corrected chi connectivity index (χ0v) is 19.1. The maximum absolute atomic E-state index is 13.4. The first-order valence-corrected chi connectivity index (χ1v) is 12.8. The fourth-order valence-electron chi connectivity index (χ4n) is 4.49. The average molecular weight is 451 g/mol. The molecule has 1 aliphatic heterocycles. The highest BCUT2D eigenvalue weighted by molar-refractivity contribution is 7.91. The number of aryl methyl sites for hydroxylation is 1. The van der Waals surface area contributed by atoms with Crippen LogP contribution in [0.3, 0.4) is 0 Å². The third-order valence-corrected chi connectivity index (χ3v) is 8.44. The average Bonchev–Trinajstić information content (AvgIpc) is 3.40. The summed E-state index contributed by atoms with van der Waals surface area (Å²) in [5, 5.41) is 12.3. The Bertz CT molecular complexity index is 1290. The Hall–Kier alpha value is -2.87. The van der Waals surface area contributed by atoms with Crippen LogP contribution in [-0.2, 0) is 9.84 Å². The van der Waals surface area contributed by atoms with Crippen molar-refractivity contribution < 1.29 is 13.2 Å². The van der Waals surface area contributed by atoms with Gasteiger partial charge in [-0.1, -0.05) is 36.8 Å². The SMILES string of the molecule is Cc1ccc(-c2cc(C(=O)CC3(C)CCS(=O)(=O)C3)cc(-n3nnnc3C3CC3)c2)cc1. The van der Waals surface area contributed by atoms with Crippen LogP contribution in [0.4, 0.5) is 0 Å². The summed E-state index contributed by atoms with van der Waals surface area (Å²) in [5.41, 5.74) is 3.86. The monoisotopic (exact) mass is 450 g/mol. The number of hydrogen-bond donors (Lipinski definition) is 0. The van der Waals surface area contributed by atoms with Crippen LogP contribution in [0.1, 0.15) is 60.3 Å². The molecule has 0 N–H and O–H groups in total. The fraction of sp³-hybridized carbons (Fsp3) is 0.417. The van der Waals surface area contributed by atoms with Gasteiger partial charge in [0, 0.05) is 17.9 Å². The molecule has 1 saturated heterocycles. The van der Waals surface area contributed by atoms with Crippen molar-refractivity contribution in [2.75, 3.05) is 11.5 Å². The van der Waals surface area contributed by atoms with Gasteiger partial charge >= 0.3 is 0 Å². The van der Waals surface area contributed by atoms with Gasteiger partial charge in [-0.2, -0.15) is 4.68 Å². The van der Waals surface area contributed by atoms with Gasteiger partial charge in [0.25, 0.3) is 0 Å². The van der Waals surface area contributed by atoms with Crippen molar-refractivity contribution in [1.82, 2.24) is 20.2 Å². The lowest BCUT2D eigenvalue weighted by molar-refractivity contribution is 0.0934. The first kappa shape index (κ1) is 21.0. The van der Waals surface area contributed by atoms with Gasteiger partial charge in [0.1, 0.15) is 0 Å². The molecule has 7 nitrogen and oxygen atoms in total. The smallest absolute Gasteiger partial charge is 0.163 e. The number of aromatic nitrogens is 4. The van der Waals surface area contributed by atoms with Crippen LogP contribution in [0.5, 0.6) is 0 Å². The minimum absolute atomic E-state index is 0.0548. The van der Waals surface area contributed by atoms with Crippen LogP contribution in [0.15, 0.2) is 42.5 Å². The molecule has 1 aromatic heterocycles. The normalized spacial score (nSPS) is 22.2. The van der Waals surface area contributed by atoms with Crippen molar-refractivity contribution in [2.24, 2.45) is 5.41 Å². The molecule has 0 radical (unpaired) electrons. The number of ketones is 1. The Kier molecular flexibility index (Phi) is 5.00. The standard InChI is InChI=1S/C24H26N4O3S/c1-16-3-5-17(6-4-16)19-11-20(22(29)14-24(2)9-10-32(30,31)15-24)13-21(12-19)28-23(18-7-8-18)25-26-27-28/h3-6,11-13,18H,7-10,14-15H2,1-2H3. The van der Waals surface area contributed by atoms with Crippen molar-refractivity contribution in [3.8, 4) is 16.8 Å². The summed E-state index contributed by atoms with van der Waals surface area (Å²) >= 11 is 0. The van der Waals surface area contributed by atoms with Crippen LogP contribution in [0.2, 0.25) is 0 Å². The topological polar surface area (TPSA) is 94.8 Å². The van der Waals surface area contributed by atoms with Gasteiger partial charge in [0.15, 0.2) is 21.4 Å². The number of benzene rings is 2. The van der Waals surface area contributed by atoms with E-state index in [1.54, 1.807) is 4.68 Å². The van der Waals surface area contributed by atoms with Crippen LogP contribution in [-0.4, -0.2) is 45.9 Å². The Morgan fingerprint density at radius 3 is 2.53 bits per heavy atom. The summed E-state index contributed by atoms with van der Waals surface area (Å²) in [4.78, 5) is 13.4. The van der Waals surface area contributed by atoms with E-state index in [-0.39, 0.29) is 23.7 Å². The predicted octanol–water partition coefficient (Wildman–Crippen LogP) is 3.91. The number of carbonyl (C=O) groups excluding carboxylic acids is 1. The van der Waals surface area contributed by atoms with E-state index in [4.69, 9.17) is 0 Å². The molecule has 32 heavy (non-hydrogen) atoms. The van der Waals surface area contributed by atoms with Crippen molar-refractivity contribution in [1.29, 1.82) is 0 Å². The minimum Gasteiger partial charge on any atom is -0.294 e. The highest BCUT2D eigenvalue weighted by Crippen LogP contribution is 2.40. The number of hydrogen-bond acceptors (Lipinski definition) is 6. The van der Waals surface area contributed by atoms with Gasteiger partial charge in [-0.3, -0.25) is 4.79 Å². The van der Waals surface area contributed by atoms with Crippen molar-refractivity contribution in [3.63, 3.8) is 0 Å². The van der Waals surface area contributed by atoms with E-state index in [1.165, 1.54) is 0 Å². The number of Topliss-reactive ketones (excluding diaryl/α,β-unsaturated/α-hetero) is 1. The summed E-state index contributed by atoms with van der Waals surface area (Å²) in [5.74, 6) is 1.34. The summed E-state index contributed by atoms with van der Waals surface area (Å²) < 4.78 is 25.8. The van der Waals surface area contributed by atoms with Gasteiger partial charge in [-0.25, -0.2) is 8.42 Å². The molecule has 5 rings (SSSR count). The zero-order chi connectivity index (χ0) is 22.5. The second-order valence-corrected chi connectivity index (χ2v) is 11.8. The molecule has 1 aliphatic carbocycles. The number of nitrogens with zero attached hydrogens (tertiary/aromatic N) is 4. The molecule has 0 spiro atoms. The maximum Gasteiger partial charge on any atom is 0.163 e. The van der Waals surface area contributed by atoms with E-state index in [0.717, 1.165) is 41.0 Å². The first-order valence-electron chi connectivity index (χ1n) is 11.0. The van der Waals surface area contributed by atoms with E-state index in [2.05, 4.69) is 15.5 Å². The van der Waals surface area contributed by atoms with E-state index in [0.29, 0.717) is 17.9 Å². The molecule has 2 aliphatic rings. The Morgan fingerprint density at radius 2 is 1.88 bits per heavy atom. The van der Waals surface area contributed by atoms with Crippen LogP contribution in [0, 0.1) is 12.3 Å². The number of rotatable bonds is 6. The molecule has 2 fully saturated rings. The quantitative estimate of drug-likeness (QED) is 0.529. The third-order valence-electron chi connectivity index (χ3n) is 6.48. The minimum atomic E-state index is -3.07. The lowest BCUT2D eigenvalue weighted by atomic mass is 9.83. The molecule has 0 bridgehead atoms. The van der Waals surface area contributed by atoms with Gasteiger partial charge < -0.3 is 0 Å². The van der Waals surface area contributed by atoms with Crippen molar-refractivity contribution in [2.45, 2.75) is 45.4 Å². The van der Waals surface area contributed by atoms with Gasteiger partial charge in [0.05, 0.1) is 17.2 Å². The van der Waals surface area contributed by atoms with E-state index < -0.39 is 15.3 Å². The summed E-state index contributed by atoms with van der Waals surface area (Å²) in [6.07, 6.45) is 2.85. The van der Waals surface area contributed by atoms with Gasteiger partial charge in [-0.15, -0.1) is 5.10 Å². The number of sulfone groups is 1. The molecule has 1 unspecified atom stereocenters. The molecule has 2 heterocycles. The van der Waals surface area contributed by atoms with E-state index in [1.807, 2.05) is 56.3 Å². The molecular formula is C24H26N4O3S. The predicted molar refractivity (Wildman–Crippen MR) is 122 cm³/mol. The second kappa shape index (κ2) is 7.62. The van der Waals surface area contributed by atoms with E-state index in [9.17, 15) is 13.2 Å². The van der Waals surface area contributed by atoms with Gasteiger partial charge in [-0.05, 0) is 71.4 Å². The number of carbonyl (C=O) groups is 1. The largest absolute Gasteiger partial charge is 0.294 e. The van der Waals surface area contributed by atoms with Crippen molar-refractivity contribution in [3.05, 3.63) is 59.4 Å². The Labute approximate surface area is 187 Å². The van der Waals surface area contributed by atoms with Gasteiger partial charge in [0.2, 0.25) is 0 Å². The summed E-state index contributed by atoms with van der Waals surface area (Å²) in [6, 6.07) is 13.9. The lowest BCUT2D eigenvalue weighted by Gasteiger charge is -2.21. The van der Waals surface area contributed by atoms with Crippen LogP contribution >= 0.6 is 0 Å². The molecule has 1 atom stereocenters.